The van der Waals surface area contributed by atoms with E-state index >= 15 is 0 Å². The number of aromatic hydroxyl groups is 1. The van der Waals surface area contributed by atoms with Crippen molar-refractivity contribution in [1.82, 2.24) is 15.1 Å². The summed E-state index contributed by atoms with van der Waals surface area (Å²) in [6.07, 6.45) is 0.811. The SMILES string of the molecule is C[C@@H](C1CNC1)N1CC(=O)N2C[C@@H](c3c(O)ccc(Cl)c3Cl)C[C@H]2C1. The van der Waals surface area contributed by atoms with E-state index in [4.69, 9.17) is 23.2 Å². The maximum absolute atomic E-state index is 12.7. The highest BCUT2D eigenvalue weighted by Crippen LogP contribution is 2.43. The minimum absolute atomic E-state index is 0.0285. The fourth-order valence-corrected chi connectivity index (χ4v) is 4.89. The zero-order valence-corrected chi connectivity index (χ0v) is 15.7. The van der Waals surface area contributed by atoms with Gasteiger partial charge in [0.15, 0.2) is 0 Å². The quantitative estimate of drug-likeness (QED) is 0.840. The predicted molar refractivity (Wildman–Crippen MR) is 98.4 cm³/mol. The van der Waals surface area contributed by atoms with Crippen LogP contribution in [0.5, 0.6) is 5.75 Å². The fourth-order valence-electron chi connectivity index (χ4n) is 4.41. The van der Waals surface area contributed by atoms with Crippen LogP contribution in [0.4, 0.5) is 0 Å². The minimum atomic E-state index is 0.0285. The van der Waals surface area contributed by atoms with Gasteiger partial charge in [-0.25, -0.2) is 0 Å². The standard InChI is InChI=1S/C18H23Cl2N3O2/c1-10(12-5-21-6-12)22-8-13-4-11(7-23(13)16(25)9-22)17-15(24)3-2-14(19)18(17)20/h2-3,10-13,21,24H,4-9H2,1H3/t10-,11-,13-/m0/s1. The van der Waals surface area contributed by atoms with Crippen molar-refractivity contribution in [3.63, 3.8) is 0 Å². The van der Waals surface area contributed by atoms with Crippen LogP contribution >= 0.6 is 23.2 Å². The van der Waals surface area contributed by atoms with Crippen LogP contribution in [-0.4, -0.2) is 65.6 Å². The lowest BCUT2D eigenvalue weighted by atomic mass is 9.92. The summed E-state index contributed by atoms with van der Waals surface area (Å²) in [7, 11) is 0. The van der Waals surface area contributed by atoms with Crippen LogP contribution in [0.15, 0.2) is 12.1 Å². The molecule has 1 amide bonds. The van der Waals surface area contributed by atoms with Crippen LogP contribution in [0.2, 0.25) is 10.0 Å². The molecule has 0 saturated carbocycles. The first-order valence-electron chi connectivity index (χ1n) is 8.86. The van der Waals surface area contributed by atoms with Crippen molar-refractivity contribution in [2.24, 2.45) is 5.92 Å². The predicted octanol–water partition coefficient (Wildman–Crippen LogP) is 2.31. The molecule has 3 heterocycles. The first-order valence-corrected chi connectivity index (χ1v) is 9.62. The van der Waals surface area contributed by atoms with Crippen molar-refractivity contribution in [2.45, 2.75) is 31.3 Å². The lowest BCUT2D eigenvalue weighted by Gasteiger charge is -2.44. The molecule has 1 aromatic rings. The number of hydrogen-bond donors (Lipinski definition) is 2. The Kier molecular flexibility index (Phi) is 4.61. The van der Waals surface area contributed by atoms with Gasteiger partial charge in [-0.3, -0.25) is 9.69 Å². The maximum atomic E-state index is 12.7. The summed E-state index contributed by atoms with van der Waals surface area (Å²) < 4.78 is 0. The average molecular weight is 384 g/mol. The molecule has 7 heteroatoms. The van der Waals surface area contributed by atoms with Gasteiger partial charge in [-0.2, -0.15) is 0 Å². The number of benzene rings is 1. The Morgan fingerprint density at radius 3 is 2.72 bits per heavy atom. The molecule has 3 aliphatic heterocycles. The number of rotatable bonds is 3. The highest BCUT2D eigenvalue weighted by atomic mass is 35.5. The molecule has 3 saturated heterocycles. The van der Waals surface area contributed by atoms with Gasteiger partial charge in [-0.1, -0.05) is 23.2 Å². The molecular weight excluding hydrogens is 361 g/mol. The molecule has 0 unspecified atom stereocenters. The Balaban J connectivity index is 1.53. The van der Waals surface area contributed by atoms with Crippen molar-refractivity contribution in [3.05, 3.63) is 27.7 Å². The lowest BCUT2D eigenvalue weighted by molar-refractivity contribution is -0.139. The van der Waals surface area contributed by atoms with Crippen molar-refractivity contribution in [3.8, 4) is 5.75 Å². The lowest BCUT2D eigenvalue weighted by Crippen LogP contribution is -2.61. The number of nitrogens with zero attached hydrogens (tertiary/aromatic N) is 2. The highest BCUT2D eigenvalue weighted by Gasteiger charge is 2.44. The number of nitrogens with one attached hydrogen (secondary N) is 1. The second-order valence-corrected chi connectivity index (χ2v) is 8.30. The first-order chi connectivity index (χ1) is 12.0. The molecule has 3 fully saturated rings. The van der Waals surface area contributed by atoms with Crippen LogP contribution < -0.4 is 5.32 Å². The van der Waals surface area contributed by atoms with Gasteiger partial charge < -0.3 is 15.3 Å². The Morgan fingerprint density at radius 1 is 1.28 bits per heavy atom. The van der Waals surface area contributed by atoms with Gasteiger partial charge in [0.2, 0.25) is 5.91 Å². The molecule has 0 radical (unpaired) electrons. The Hall–Kier alpha value is -1.01. The molecule has 5 nitrogen and oxygen atoms in total. The number of amides is 1. The normalized spacial score (nSPS) is 28.8. The third-order valence-corrected chi connectivity index (χ3v) is 6.93. The van der Waals surface area contributed by atoms with Gasteiger partial charge in [-0.15, -0.1) is 0 Å². The summed E-state index contributed by atoms with van der Waals surface area (Å²) in [4.78, 5) is 17.0. The second-order valence-electron chi connectivity index (χ2n) is 7.52. The number of hydrogen-bond acceptors (Lipinski definition) is 4. The molecule has 2 N–H and O–H groups in total. The molecule has 3 atom stereocenters. The van der Waals surface area contributed by atoms with E-state index in [-0.39, 0.29) is 23.6 Å². The van der Waals surface area contributed by atoms with Gasteiger partial charge in [-0.05, 0) is 31.4 Å². The van der Waals surface area contributed by atoms with Crippen molar-refractivity contribution in [2.75, 3.05) is 32.7 Å². The summed E-state index contributed by atoms with van der Waals surface area (Å²) in [6, 6.07) is 3.78. The van der Waals surface area contributed by atoms with E-state index in [1.165, 1.54) is 0 Å². The van der Waals surface area contributed by atoms with E-state index in [9.17, 15) is 9.90 Å². The molecule has 0 spiro atoms. The van der Waals surface area contributed by atoms with E-state index in [0.29, 0.717) is 40.7 Å². The molecule has 0 aliphatic carbocycles. The first kappa shape index (κ1) is 17.4. The van der Waals surface area contributed by atoms with Crippen molar-refractivity contribution in [1.29, 1.82) is 0 Å². The zero-order chi connectivity index (χ0) is 17.7. The van der Waals surface area contributed by atoms with Crippen LogP contribution in [0.1, 0.15) is 24.8 Å². The molecule has 25 heavy (non-hydrogen) atoms. The smallest absolute Gasteiger partial charge is 0.237 e. The van der Waals surface area contributed by atoms with E-state index in [2.05, 4.69) is 17.1 Å². The Bertz CT molecular complexity index is 695. The summed E-state index contributed by atoms with van der Waals surface area (Å²) in [5, 5.41) is 14.4. The molecule has 0 bridgehead atoms. The van der Waals surface area contributed by atoms with Gasteiger partial charge >= 0.3 is 0 Å². The van der Waals surface area contributed by atoms with Crippen LogP contribution in [-0.2, 0) is 4.79 Å². The topological polar surface area (TPSA) is 55.8 Å². The number of halogens is 2. The number of fused-ring (bicyclic) bond motifs is 1. The van der Waals surface area contributed by atoms with Crippen LogP contribution in [0.25, 0.3) is 0 Å². The summed E-state index contributed by atoms with van der Waals surface area (Å²) in [5.74, 6) is 0.997. The van der Waals surface area contributed by atoms with Gasteiger partial charge in [0.1, 0.15) is 5.75 Å². The molecule has 136 valence electrons. The van der Waals surface area contributed by atoms with E-state index in [0.717, 1.165) is 26.1 Å². The van der Waals surface area contributed by atoms with Gasteiger partial charge in [0, 0.05) is 49.7 Å². The third kappa shape index (κ3) is 3.01. The molecule has 3 aliphatic rings. The number of phenolic OH excluding ortho intramolecular Hbond substituents is 1. The summed E-state index contributed by atoms with van der Waals surface area (Å²) in [6.45, 7) is 6.27. The van der Waals surface area contributed by atoms with Crippen LogP contribution in [0, 0.1) is 5.92 Å². The van der Waals surface area contributed by atoms with Crippen LogP contribution in [0.3, 0.4) is 0 Å². The molecule has 4 rings (SSSR count). The second kappa shape index (κ2) is 6.62. The Labute approximate surface area is 157 Å². The Morgan fingerprint density at radius 2 is 2.04 bits per heavy atom. The highest BCUT2D eigenvalue weighted by molar-refractivity contribution is 6.42. The zero-order valence-electron chi connectivity index (χ0n) is 14.2. The number of carbonyl (C=O) groups excluding carboxylic acids is 1. The summed E-state index contributed by atoms with van der Waals surface area (Å²) in [5.41, 5.74) is 0.680. The van der Waals surface area contributed by atoms with E-state index < -0.39 is 0 Å². The van der Waals surface area contributed by atoms with E-state index in [1.54, 1.807) is 12.1 Å². The summed E-state index contributed by atoms with van der Waals surface area (Å²) >= 11 is 12.5. The maximum Gasteiger partial charge on any atom is 0.237 e. The van der Waals surface area contributed by atoms with Crippen molar-refractivity contribution < 1.29 is 9.90 Å². The third-order valence-electron chi connectivity index (χ3n) is 6.11. The van der Waals surface area contributed by atoms with Crippen molar-refractivity contribution >= 4 is 29.1 Å². The monoisotopic (exact) mass is 383 g/mol. The largest absolute Gasteiger partial charge is 0.508 e. The molecular formula is C18H23Cl2N3O2. The number of carbonyl (C=O) groups is 1. The molecule has 0 aromatic heterocycles. The van der Waals surface area contributed by atoms with E-state index in [1.807, 2.05) is 4.90 Å². The number of phenols is 1. The minimum Gasteiger partial charge on any atom is -0.508 e. The average Bonchev–Trinajstić information content (AvgIpc) is 2.94. The molecule has 1 aromatic carbocycles. The van der Waals surface area contributed by atoms with Gasteiger partial charge in [0.25, 0.3) is 0 Å². The number of piperazine rings is 1. The van der Waals surface area contributed by atoms with Gasteiger partial charge in [0.05, 0.1) is 16.6 Å². The fraction of sp³-hybridized carbons (Fsp3) is 0.611.